The van der Waals surface area contributed by atoms with Gasteiger partial charge in [-0.2, -0.15) is 13.5 Å². The van der Waals surface area contributed by atoms with E-state index in [1.165, 1.54) is 32.9 Å². The number of carbonyl (C=O) groups is 1. The molecule has 28 heavy (non-hydrogen) atoms. The lowest BCUT2D eigenvalue weighted by Gasteiger charge is -2.12. The molecule has 0 spiro atoms. The van der Waals surface area contributed by atoms with Crippen LogP contribution in [-0.4, -0.2) is 43.8 Å². The van der Waals surface area contributed by atoms with Gasteiger partial charge < -0.3 is 14.3 Å². The van der Waals surface area contributed by atoms with Gasteiger partial charge in [-0.25, -0.2) is 14.8 Å². The Hall–Kier alpha value is -3.73. The van der Waals surface area contributed by atoms with Gasteiger partial charge >= 0.3 is 16.6 Å². The van der Waals surface area contributed by atoms with Crippen LogP contribution in [0.25, 0.3) is 16.5 Å². The van der Waals surface area contributed by atoms with Crippen LogP contribution >= 0.6 is 0 Å². The molecule has 1 aromatic heterocycles. The topological polar surface area (TPSA) is 120 Å². The predicted molar refractivity (Wildman–Crippen MR) is 98.6 cm³/mol. The summed E-state index contributed by atoms with van der Waals surface area (Å²) in [7, 11) is 0.185. The Balaban J connectivity index is 1.96. The summed E-state index contributed by atoms with van der Waals surface area (Å²) < 4.78 is 34.2. The molecule has 3 rings (SSSR count). The average molecular weight is 402 g/mol. The van der Waals surface area contributed by atoms with Crippen molar-refractivity contribution in [3.63, 3.8) is 0 Å². The minimum Gasteiger partial charge on any atom is -0.493 e. The van der Waals surface area contributed by atoms with E-state index in [1.807, 2.05) is 0 Å². The highest BCUT2D eigenvalue weighted by Crippen LogP contribution is 2.34. The molecular weight excluding hydrogens is 388 g/mol. The summed E-state index contributed by atoms with van der Waals surface area (Å²) in [6.07, 6.45) is 7.97. The number of benzene rings is 1. The number of amides is 1. The Morgan fingerprint density at radius 1 is 1.11 bits per heavy atom. The standard InChI is InChI=1S/C17H14N4O6S/c1-25-14-8-12-13(9-15(14)26-2)18-10-19-16(12)11-4-3-6-21(7-5-11)27-17(22)20-28(23)24/h3-10H,1-2H3. The maximum absolute atomic E-state index is 11.3. The molecular formula is C17H14N4O6S. The largest absolute Gasteiger partial charge is 0.493 e. The lowest BCUT2D eigenvalue weighted by atomic mass is 10.1. The molecule has 0 saturated carbocycles. The minimum absolute atomic E-state index is 0.530. The lowest BCUT2D eigenvalue weighted by Crippen LogP contribution is -2.13. The molecule has 2 heterocycles. The van der Waals surface area contributed by atoms with E-state index in [0.717, 1.165) is 10.4 Å². The molecule has 1 aliphatic heterocycles. The summed E-state index contributed by atoms with van der Waals surface area (Å²) in [5, 5.41) is 1.75. The Kier molecular flexibility index (Phi) is 5.65. The highest BCUT2D eigenvalue weighted by atomic mass is 32.2. The van der Waals surface area contributed by atoms with Gasteiger partial charge in [-0.3, -0.25) is 0 Å². The highest BCUT2D eigenvalue weighted by molar-refractivity contribution is 7.62. The van der Waals surface area contributed by atoms with Gasteiger partial charge in [0.2, 0.25) is 0 Å². The Bertz CT molecular complexity index is 1150. The minimum atomic E-state index is -2.89. The molecule has 0 atom stereocenters. The second-order valence-corrected chi connectivity index (χ2v) is 5.87. The fourth-order valence-electron chi connectivity index (χ4n) is 2.49. The molecule has 10 nitrogen and oxygen atoms in total. The third-order valence-electron chi connectivity index (χ3n) is 3.66. The number of carbonyl (C=O) groups excluding carboxylic acids is 1. The van der Waals surface area contributed by atoms with Crippen LogP contribution in [0.2, 0.25) is 0 Å². The average Bonchev–Trinajstić information content (AvgIpc) is 2.91. The molecule has 1 amide bonds. The molecule has 0 aliphatic carbocycles. The zero-order chi connectivity index (χ0) is 20.1. The fraction of sp³-hybridized carbons (Fsp3) is 0.118. The maximum Gasteiger partial charge on any atom is 0.473 e. The third kappa shape index (κ3) is 4.15. The smallest absolute Gasteiger partial charge is 0.473 e. The predicted octanol–water partition coefficient (Wildman–Crippen LogP) is 2.49. The second-order valence-electron chi connectivity index (χ2n) is 5.25. The molecule has 2 aromatic rings. The molecule has 1 aliphatic rings. The van der Waals surface area contributed by atoms with E-state index < -0.39 is 16.6 Å². The van der Waals surface area contributed by atoms with Crippen molar-refractivity contribution in [1.82, 2.24) is 15.0 Å². The summed E-state index contributed by atoms with van der Waals surface area (Å²) in [6, 6.07) is 3.52. The summed E-state index contributed by atoms with van der Waals surface area (Å²) >= 11 is 0. The third-order valence-corrected chi connectivity index (χ3v) is 3.95. The molecule has 0 radical (unpaired) electrons. The van der Waals surface area contributed by atoms with Crippen molar-refractivity contribution >= 4 is 33.1 Å². The van der Waals surface area contributed by atoms with Crippen molar-refractivity contribution in [2.24, 2.45) is 4.36 Å². The first-order chi connectivity index (χ1) is 13.5. The van der Waals surface area contributed by atoms with Gasteiger partial charge in [0.05, 0.1) is 25.4 Å². The summed E-state index contributed by atoms with van der Waals surface area (Å²) in [6.45, 7) is 0. The molecule has 0 N–H and O–H groups in total. The molecule has 0 unspecified atom stereocenters. The van der Waals surface area contributed by atoms with Crippen molar-refractivity contribution < 1.29 is 27.5 Å². The first kappa shape index (κ1) is 19.0. The van der Waals surface area contributed by atoms with Gasteiger partial charge in [0.15, 0.2) is 11.5 Å². The van der Waals surface area contributed by atoms with E-state index in [9.17, 15) is 13.2 Å². The number of fused-ring (bicyclic) bond motifs is 1. The van der Waals surface area contributed by atoms with Gasteiger partial charge in [-0.15, -0.1) is 0 Å². The van der Waals surface area contributed by atoms with E-state index in [0.29, 0.717) is 28.3 Å². The number of ether oxygens (including phenoxy) is 2. The van der Waals surface area contributed by atoms with Crippen LogP contribution in [0.4, 0.5) is 4.79 Å². The van der Waals surface area contributed by atoms with E-state index in [4.69, 9.17) is 14.3 Å². The number of hydroxylamine groups is 2. The quantitative estimate of drug-likeness (QED) is 0.759. The fourth-order valence-corrected chi connectivity index (χ4v) is 2.65. The lowest BCUT2D eigenvalue weighted by molar-refractivity contribution is -0.00934. The number of aromatic nitrogens is 2. The number of allylic oxidation sites excluding steroid dienone is 4. The van der Waals surface area contributed by atoms with Gasteiger partial charge in [-0.1, -0.05) is 10.4 Å². The monoisotopic (exact) mass is 402 g/mol. The van der Waals surface area contributed by atoms with Crippen molar-refractivity contribution in [2.45, 2.75) is 0 Å². The number of methoxy groups -OCH3 is 2. The summed E-state index contributed by atoms with van der Waals surface area (Å²) in [4.78, 5) is 24.7. The van der Waals surface area contributed by atoms with Crippen LogP contribution in [0.1, 0.15) is 5.69 Å². The zero-order valence-corrected chi connectivity index (χ0v) is 15.6. The maximum atomic E-state index is 11.3. The second kappa shape index (κ2) is 8.31. The molecule has 11 heteroatoms. The SMILES string of the molecule is COc1cc2ncnc(C3=CC=CN(OC(=O)N=S(=O)=O)C=C3)c2cc1OC. The molecule has 0 fully saturated rings. The molecule has 0 bridgehead atoms. The van der Waals surface area contributed by atoms with Gasteiger partial charge in [-0.05, 0) is 18.2 Å². The Morgan fingerprint density at radius 3 is 2.57 bits per heavy atom. The molecule has 1 aromatic carbocycles. The zero-order valence-electron chi connectivity index (χ0n) is 14.8. The first-order valence-corrected chi connectivity index (χ1v) is 8.80. The van der Waals surface area contributed by atoms with E-state index in [-0.39, 0.29) is 0 Å². The summed E-state index contributed by atoms with van der Waals surface area (Å²) in [5.74, 6) is 1.07. The van der Waals surface area contributed by atoms with Crippen LogP contribution in [0.15, 0.2) is 53.5 Å². The number of rotatable bonds is 4. The number of hydrogen-bond donors (Lipinski definition) is 0. The van der Waals surface area contributed by atoms with Gasteiger partial charge in [0, 0.05) is 29.4 Å². The Morgan fingerprint density at radius 2 is 1.86 bits per heavy atom. The van der Waals surface area contributed by atoms with E-state index in [1.54, 1.807) is 30.4 Å². The van der Waals surface area contributed by atoms with Gasteiger partial charge in [0.25, 0.3) is 0 Å². The van der Waals surface area contributed by atoms with Crippen LogP contribution in [0, 0.1) is 0 Å². The van der Waals surface area contributed by atoms with Crippen molar-refractivity contribution in [1.29, 1.82) is 0 Å². The number of nitrogens with zero attached hydrogens (tertiary/aromatic N) is 4. The van der Waals surface area contributed by atoms with Crippen molar-refractivity contribution in [3.8, 4) is 11.5 Å². The normalized spacial score (nSPS) is 12.9. The van der Waals surface area contributed by atoms with Crippen LogP contribution < -0.4 is 9.47 Å². The Labute approximate surface area is 161 Å². The summed E-state index contributed by atoms with van der Waals surface area (Å²) in [5.41, 5.74) is 1.97. The van der Waals surface area contributed by atoms with Crippen LogP contribution in [0.5, 0.6) is 11.5 Å². The molecule has 144 valence electrons. The van der Waals surface area contributed by atoms with Crippen molar-refractivity contribution in [3.05, 3.63) is 54.8 Å². The van der Waals surface area contributed by atoms with E-state index in [2.05, 4.69) is 14.3 Å². The first-order valence-electron chi connectivity index (χ1n) is 7.77. The van der Waals surface area contributed by atoms with E-state index >= 15 is 0 Å². The van der Waals surface area contributed by atoms with Crippen LogP contribution in [-0.2, 0) is 15.3 Å². The molecule has 0 saturated heterocycles. The highest BCUT2D eigenvalue weighted by Gasteiger charge is 2.14. The van der Waals surface area contributed by atoms with Crippen molar-refractivity contribution in [2.75, 3.05) is 14.2 Å². The van der Waals surface area contributed by atoms with Gasteiger partial charge in [0.1, 0.15) is 6.33 Å². The number of hydrogen-bond acceptors (Lipinski definition) is 9. The van der Waals surface area contributed by atoms with Crippen LogP contribution in [0.3, 0.4) is 0 Å².